The highest BCUT2D eigenvalue weighted by molar-refractivity contribution is 5.84. The second kappa shape index (κ2) is 6.02. The van der Waals surface area contributed by atoms with E-state index in [2.05, 4.69) is 44.8 Å². The van der Waals surface area contributed by atoms with Gasteiger partial charge in [-0.05, 0) is 45.4 Å². The number of carbonyl (C=O) groups excluding carboxylic acids is 1. The Morgan fingerprint density at radius 1 is 1.45 bits per heavy atom. The molecule has 3 atom stereocenters. The molecule has 0 bridgehead atoms. The summed E-state index contributed by atoms with van der Waals surface area (Å²) in [6, 6.07) is 0.326. The molecule has 4 nitrogen and oxygen atoms in total. The van der Waals surface area contributed by atoms with Crippen LogP contribution in [0.5, 0.6) is 0 Å². The van der Waals surface area contributed by atoms with Crippen molar-refractivity contribution in [1.29, 1.82) is 0 Å². The first kappa shape index (κ1) is 15.8. The Morgan fingerprint density at radius 3 is 2.70 bits per heavy atom. The fraction of sp³-hybridized carbons (Fsp3) is 0.938. The summed E-state index contributed by atoms with van der Waals surface area (Å²) in [7, 11) is 0. The Hall–Kier alpha value is -0.610. The van der Waals surface area contributed by atoms with Crippen molar-refractivity contribution in [2.45, 2.75) is 84.2 Å². The second-order valence-electron chi connectivity index (χ2n) is 7.27. The zero-order valence-corrected chi connectivity index (χ0v) is 13.6. The quantitative estimate of drug-likeness (QED) is 0.861. The summed E-state index contributed by atoms with van der Waals surface area (Å²) in [5, 5.41) is 3.53. The Kier molecular flexibility index (Phi) is 4.75. The summed E-state index contributed by atoms with van der Waals surface area (Å²) >= 11 is 0. The van der Waals surface area contributed by atoms with Crippen LogP contribution in [0.3, 0.4) is 0 Å². The second-order valence-corrected chi connectivity index (χ2v) is 7.27. The Morgan fingerprint density at radius 2 is 2.15 bits per heavy atom. The van der Waals surface area contributed by atoms with Gasteiger partial charge in [0.25, 0.3) is 0 Å². The van der Waals surface area contributed by atoms with Crippen LogP contribution in [0.1, 0.15) is 60.3 Å². The van der Waals surface area contributed by atoms with Gasteiger partial charge in [-0.25, -0.2) is 0 Å². The highest BCUT2D eigenvalue weighted by Crippen LogP contribution is 2.31. The summed E-state index contributed by atoms with van der Waals surface area (Å²) in [4.78, 5) is 14.9. The first-order valence-electron chi connectivity index (χ1n) is 8.06. The molecule has 0 aliphatic carbocycles. The third-order valence-corrected chi connectivity index (χ3v) is 4.44. The predicted octanol–water partition coefficient (Wildman–Crippen LogP) is 2.53. The molecule has 116 valence electrons. The number of rotatable bonds is 4. The molecule has 4 heteroatoms. The van der Waals surface area contributed by atoms with Gasteiger partial charge in [0.2, 0.25) is 5.91 Å². The van der Waals surface area contributed by atoms with Crippen LogP contribution < -0.4 is 5.32 Å². The minimum Gasteiger partial charge on any atom is -0.375 e. The number of ether oxygens (including phenoxy) is 1. The number of hydrogen-bond acceptors (Lipinski definition) is 3. The van der Waals surface area contributed by atoms with E-state index in [0.717, 1.165) is 32.3 Å². The molecule has 2 rings (SSSR count). The van der Waals surface area contributed by atoms with Gasteiger partial charge in [-0.3, -0.25) is 10.1 Å². The van der Waals surface area contributed by atoms with Gasteiger partial charge < -0.3 is 9.64 Å². The number of nitrogens with one attached hydrogen (secondary N) is 1. The number of nitrogens with zero attached hydrogens (tertiary/aromatic N) is 1. The Bertz CT molecular complexity index is 354. The molecular weight excluding hydrogens is 252 g/mol. The lowest BCUT2D eigenvalue weighted by molar-refractivity contribution is -0.139. The summed E-state index contributed by atoms with van der Waals surface area (Å²) in [5.74, 6) is 0.841. The molecule has 2 saturated heterocycles. The highest BCUT2D eigenvalue weighted by Gasteiger charge is 2.44. The fourth-order valence-corrected chi connectivity index (χ4v) is 3.54. The van der Waals surface area contributed by atoms with Crippen molar-refractivity contribution in [3.05, 3.63) is 0 Å². The average Bonchev–Trinajstić information content (AvgIpc) is 2.64. The minimum absolute atomic E-state index is 0.00547. The van der Waals surface area contributed by atoms with Crippen LogP contribution >= 0.6 is 0 Å². The van der Waals surface area contributed by atoms with Crippen LogP contribution in [-0.2, 0) is 9.53 Å². The molecule has 20 heavy (non-hydrogen) atoms. The van der Waals surface area contributed by atoms with Crippen LogP contribution in [0.25, 0.3) is 0 Å². The first-order valence-corrected chi connectivity index (χ1v) is 8.06. The summed E-state index contributed by atoms with van der Waals surface area (Å²) in [5.41, 5.74) is -0.113. The van der Waals surface area contributed by atoms with E-state index < -0.39 is 0 Å². The van der Waals surface area contributed by atoms with E-state index in [1.54, 1.807) is 0 Å². The molecule has 2 aliphatic heterocycles. The van der Waals surface area contributed by atoms with E-state index in [4.69, 9.17) is 4.74 Å². The molecule has 2 aliphatic rings. The molecule has 0 spiro atoms. The zero-order valence-electron chi connectivity index (χ0n) is 13.6. The molecule has 1 N–H and O–H groups in total. The normalized spacial score (nSPS) is 34.0. The first-order chi connectivity index (χ1) is 9.34. The molecule has 0 aromatic carbocycles. The maximum atomic E-state index is 12.7. The lowest BCUT2D eigenvalue weighted by Gasteiger charge is -2.41. The van der Waals surface area contributed by atoms with Crippen molar-refractivity contribution in [2.24, 2.45) is 5.92 Å². The lowest BCUT2D eigenvalue weighted by Crippen LogP contribution is -2.50. The lowest BCUT2D eigenvalue weighted by atomic mass is 9.92. The molecule has 2 heterocycles. The van der Waals surface area contributed by atoms with E-state index >= 15 is 0 Å². The standard InChI is InChI=1S/C16H30N2O2/c1-6-14-17-13(9-11(2)3)15(19)18(14)12-7-8-20-16(4,5)10-12/h11-14,17H,6-10H2,1-5H3. The summed E-state index contributed by atoms with van der Waals surface area (Å²) < 4.78 is 5.79. The Labute approximate surface area is 123 Å². The van der Waals surface area contributed by atoms with Gasteiger partial charge in [0.1, 0.15) is 0 Å². The molecule has 0 aromatic rings. The third-order valence-electron chi connectivity index (χ3n) is 4.44. The van der Waals surface area contributed by atoms with Crippen LogP contribution in [0, 0.1) is 5.92 Å². The van der Waals surface area contributed by atoms with E-state index in [9.17, 15) is 4.79 Å². The van der Waals surface area contributed by atoms with Crippen LogP contribution in [0.15, 0.2) is 0 Å². The van der Waals surface area contributed by atoms with E-state index in [0.29, 0.717) is 17.9 Å². The predicted molar refractivity (Wildman–Crippen MR) is 80.4 cm³/mol. The molecule has 0 aromatic heterocycles. The van der Waals surface area contributed by atoms with Gasteiger partial charge in [-0.1, -0.05) is 20.8 Å². The highest BCUT2D eigenvalue weighted by atomic mass is 16.5. The van der Waals surface area contributed by atoms with E-state index in [1.807, 2.05) is 0 Å². The summed E-state index contributed by atoms with van der Waals surface area (Å²) in [6.45, 7) is 11.5. The van der Waals surface area contributed by atoms with Crippen LogP contribution in [0.2, 0.25) is 0 Å². The minimum atomic E-state index is -0.113. The maximum Gasteiger partial charge on any atom is 0.241 e. The number of carbonyl (C=O) groups is 1. The molecular formula is C16H30N2O2. The van der Waals surface area contributed by atoms with Crippen LogP contribution in [-0.4, -0.2) is 41.3 Å². The molecule has 2 fully saturated rings. The topological polar surface area (TPSA) is 41.6 Å². The SMILES string of the molecule is CCC1NC(CC(C)C)C(=O)N1C1CCOC(C)(C)C1. The molecule has 3 unspecified atom stereocenters. The Balaban J connectivity index is 2.10. The van der Waals surface area contributed by atoms with Gasteiger partial charge in [0.15, 0.2) is 0 Å². The van der Waals surface area contributed by atoms with Crippen molar-refractivity contribution in [2.75, 3.05) is 6.61 Å². The maximum absolute atomic E-state index is 12.7. The monoisotopic (exact) mass is 282 g/mol. The molecule has 1 amide bonds. The van der Waals surface area contributed by atoms with E-state index in [-0.39, 0.29) is 17.8 Å². The van der Waals surface area contributed by atoms with Gasteiger partial charge >= 0.3 is 0 Å². The number of hydrogen-bond donors (Lipinski definition) is 1. The number of amides is 1. The van der Waals surface area contributed by atoms with Crippen molar-refractivity contribution in [3.63, 3.8) is 0 Å². The smallest absolute Gasteiger partial charge is 0.241 e. The van der Waals surface area contributed by atoms with Gasteiger partial charge in [-0.15, -0.1) is 0 Å². The van der Waals surface area contributed by atoms with Crippen molar-refractivity contribution in [1.82, 2.24) is 10.2 Å². The third kappa shape index (κ3) is 3.34. The van der Waals surface area contributed by atoms with Crippen LogP contribution in [0.4, 0.5) is 0 Å². The van der Waals surface area contributed by atoms with E-state index in [1.165, 1.54) is 0 Å². The van der Waals surface area contributed by atoms with Crippen molar-refractivity contribution >= 4 is 5.91 Å². The van der Waals surface area contributed by atoms with Gasteiger partial charge in [0.05, 0.1) is 17.8 Å². The van der Waals surface area contributed by atoms with Crippen molar-refractivity contribution < 1.29 is 9.53 Å². The largest absolute Gasteiger partial charge is 0.375 e. The summed E-state index contributed by atoms with van der Waals surface area (Å²) in [6.07, 6.45) is 3.99. The molecule has 0 radical (unpaired) electrons. The zero-order chi connectivity index (χ0) is 14.9. The molecule has 0 saturated carbocycles. The van der Waals surface area contributed by atoms with Crippen molar-refractivity contribution in [3.8, 4) is 0 Å². The van der Waals surface area contributed by atoms with Gasteiger partial charge in [-0.2, -0.15) is 0 Å². The fourth-order valence-electron chi connectivity index (χ4n) is 3.54. The average molecular weight is 282 g/mol. The van der Waals surface area contributed by atoms with Gasteiger partial charge in [0, 0.05) is 12.6 Å².